The molecule has 2 aromatic rings. The largest absolute Gasteiger partial charge is 0.467 e. The number of hydrogen-bond acceptors (Lipinski definition) is 8. The van der Waals surface area contributed by atoms with Crippen molar-refractivity contribution in [2.75, 3.05) is 5.32 Å². The van der Waals surface area contributed by atoms with Crippen molar-refractivity contribution in [3.8, 4) is 0 Å². The second kappa shape index (κ2) is 9.51. The second-order valence-corrected chi connectivity index (χ2v) is 12.9. The van der Waals surface area contributed by atoms with E-state index in [1.165, 1.54) is 6.26 Å². The molecule has 0 amide bonds. The summed E-state index contributed by atoms with van der Waals surface area (Å²) in [5.74, 6) is 0.409. The van der Waals surface area contributed by atoms with Gasteiger partial charge in [-0.05, 0) is 37.1 Å². The van der Waals surface area contributed by atoms with Gasteiger partial charge in [-0.15, -0.1) is 0 Å². The van der Waals surface area contributed by atoms with E-state index >= 15 is 0 Å². The summed E-state index contributed by atoms with van der Waals surface area (Å²) < 4.78 is 90.2. The van der Waals surface area contributed by atoms with Crippen molar-refractivity contribution in [1.82, 2.24) is 0 Å². The number of anilines is 1. The van der Waals surface area contributed by atoms with Crippen LogP contribution in [0.3, 0.4) is 0 Å². The zero-order valence-corrected chi connectivity index (χ0v) is 19.7. The SMILES string of the molecule is NS(=O)(=O)c1cc(S(=O)(=O)O)c(NCc2ccco2)cc1S(=O)(=O)C1CCCCCCC1. The molecule has 1 aromatic carbocycles. The van der Waals surface area contributed by atoms with E-state index in [9.17, 15) is 29.8 Å². The minimum Gasteiger partial charge on any atom is -0.467 e. The highest BCUT2D eigenvalue weighted by molar-refractivity contribution is 7.94. The molecule has 1 fully saturated rings. The Balaban J connectivity index is 2.17. The van der Waals surface area contributed by atoms with Gasteiger partial charge in [0.05, 0.1) is 28.6 Å². The van der Waals surface area contributed by atoms with Gasteiger partial charge in [-0.2, -0.15) is 8.42 Å². The van der Waals surface area contributed by atoms with Crippen LogP contribution in [0.15, 0.2) is 49.6 Å². The Morgan fingerprint density at radius 3 is 2.09 bits per heavy atom. The molecular weight excluding hydrogens is 480 g/mol. The monoisotopic (exact) mass is 506 g/mol. The third kappa shape index (κ3) is 5.70. The zero-order chi connectivity index (χ0) is 23.6. The van der Waals surface area contributed by atoms with Crippen LogP contribution in [0.25, 0.3) is 0 Å². The Hall–Kier alpha value is -1.93. The summed E-state index contributed by atoms with van der Waals surface area (Å²) in [5, 5.41) is 7.13. The number of sulfone groups is 1. The van der Waals surface area contributed by atoms with Crippen molar-refractivity contribution in [3.05, 3.63) is 36.3 Å². The molecule has 0 aliphatic heterocycles. The molecular formula is C19H26N2O8S3. The van der Waals surface area contributed by atoms with Crippen molar-refractivity contribution in [2.45, 2.75) is 71.4 Å². The van der Waals surface area contributed by atoms with Crippen LogP contribution in [0.5, 0.6) is 0 Å². The molecule has 0 unspecified atom stereocenters. The molecule has 1 aromatic heterocycles. The Bertz CT molecular complexity index is 1260. The van der Waals surface area contributed by atoms with Crippen LogP contribution >= 0.6 is 0 Å². The number of hydrogen-bond donors (Lipinski definition) is 3. The van der Waals surface area contributed by atoms with Gasteiger partial charge in [-0.1, -0.05) is 32.1 Å². The molecule has 0 spiro atoms. The minimum absolute atomic E-state index is 0.0346. The molecule has 32 heavy (non-hydrogen) atoms. The minimum atomic E-state index is -4.91. The van der Waals surface area contributed by atoms with E-state index in [4.69, 9.17) is 9.56 Å². The number of primary sulfonamides is 1. The average molecular weight is 507 g/mol. The molecule has 1 saturated carbocycles. The fraction of sp³-hybridized carbons (Fsp3) is 0.474. The van der Waals surface area contributed by atoms with Crippen LogP contribution in [-0.2, 0) is 36.5 Å². The first-order valence-corrected chi connectivity index (χ1v) is 14.6. The van der Waals surface area contributed by atoms with E-state index in [1.54, 1.807) is 12.1 Å². The van der Waals surface area contributed by atoms with Gasteiger partial charge in [0.15, 0.2) is 9.84 Å². The smallest absolute Gasteiger partial charge is 0.296 e. The summed E-state index contributed by atoms with van der Waals surface area (Å²) in [4.78, 5) is -2.25. The molecule has 0 bridgehead atoms. The van der Waals surface area contributed by atoms with Crippen LogP contribution in [0.1, 0.15) is 50.7 Å². The fourth-order valence-corrected chi connectivity index (χ4v) is 7.84. The van der Waals surface area contributed by atoms with Gasteiger partial charge < -0.3 is 9.73 Å². The fourth-order valence-electron chi connectivity index (χ4n) is 3.84. The van der Waals surface area contributed by atoms with Gasteiger partial charge in [0.25, 0.3) is 10.1 Å². The molecule has 10 nitrogen and oxygen atoms in total. The summed E-state index contributed by atoms with van der Waals surface area (Å²) in [6.07, 6.45) is 6.26. The number of nitrogens with two attached hydrogens (primary N) is 1. The predicted molar refractivity (Wildman–Crippen MR) is 117 cm³/mol. The number of benzene rings is 1. The number of furan rings is 1. The number of nitrogens with one attached hydrogen (secondary N) is 1. The molecule has 1 heterocycles. The zero-order valence-electron chi connectivity index (χ0n) is 17.2. The van der Waals surface area contributed by atoms with Crippen LogP contribution in [-0.4, -0.2) is 35.1 Å². The van der Waals surface area contributed by atoms with Gasteiger partial charge in [0.1, 0.15) is 15.6 Å². The van der Waals surface area contributed by atoms with E-state index in [0.717, 1.165) is 25.3 Å². The molecule has 1 aliphatic rings. The van der Waals surface area contributed by atoms with Crippen molar-refractivity contribution in [1.29, 1.82) is 0 Å². The topological polar surface area (TPSA) is 174 Å². The molecule has 0 atom stereocenters. The second-order valence-electron chi connectivity index (χ2n) is 7.76. The highest BCUT2D eigenvalue weighted by atomic mass is 32.2. The maximum absolute atomic E-state index is 13.5. The number of sulfonamides is 1. The number of rotatable bonds is 7. The van der Waals surface area contributed by atoms with E-state index in [2.05, 4.69) is 5.32 Å². The molecule has 13 heteroatoms. The lowest BCUT2D eigenvalue weighted by Crippen LogP contribution is -2.26. The third-order valence-electron chi connectivity index (χ3n) is 5.46. The first-order chi connectivity index (χ1) is 14.9. The Morgan fingerprint density at radius 2 is 1.56 bits per heavy atom. The first-order valence-electron chi connectivity index (χ1n) is 10.1. The maximum Gasteiger partial charge on any atom is 0.296 e. The molecule has 3 rings (SSSR count). The Kier molecular flexibility index (Phi) is 7.34. The molecule has 178 valence electrons. The van der Waals surface area contributed by atoms with E-state index in [-0.39, 0.29) is 12.2 Å². The standard InChI is InChI=1S/C19H26N2O8S3/c20-31(24,25)19-12-17(32(26,27)28)16(21-13-14-7-6-10-29-14)11-18(19)30(22,23)15-8-4-2-1-3-5-9-15/h6-7,10-12,15,21H,1-5,8-9,13H2,(H2,20,24,25)(H,26,27,28). The van der Waals surface area contributed by atoms with E-state index < -0.39 is 49.9 Å². The predicted octanol–water partition coefficient (Wildman–Crippen LogP) is 2.67. The van der Waals surface area contributed by atoms with Crippen LogP contribution in [0.2, 0.25) is 0 Å². The van der Waals surface area contributed by atoms with Gasteiger partial charge in [0.2, 0.25) is 10.0 Å². The Morgan fingerprint density at radius 1 is 0.938 bits per heavy atom. The lowest BCUT2D eigenvalue weighted by atomic mass is 10.0. The summed E-state index contributed by atoms with van der Waals surface area (Å²) in [5.41, 5.74) is -0.277. The summed E-state index contributed by atoms with van der Waals surface area (Å²) in [7, 11) is -13.7. The molecule has 1 aliphatic carbocycles. The summed E-state index contributed by atoms with van der Waals surface area (Å²) in [6, 6.07) is 4.71. The van der Waals surface area contributed by atoms with Crippen LogP contribution in [0, 0.1) is 0 Å². The van der Waals surface area contributed by atoms with Crippen molar-refractivity contribution >= 4 is 35.7 Å². The maximum atomic E-state index is 13.5. The highest BCUT2D eigenvalue weighted by Gasteiger charge is 2.35. The van der Waals surface area contributed by atoms with Gasteiger partial charge in [0, 0.05) is 0 Å². The molecule has 0 radical (unpaired) electrons. The summed E-state index contributed by atoms with van der Waals surface area (Å²) >= 11 is 0. The Labute approximate surface area is 187 Å². The van der Waals surface area contributed by atoms with Gasteiger partial charge in [-0.25, -0.2) is 22.0 Å². The van der Waals surface area contributed by atoms with Crippen LogP contribution in [0.4, 0.5) is 5.69 Å². The highest BCUT2D eigenvalue weighted by Crippen LogP contribution is 2.35. The van der Waals surface area contributed by atoms with E-state index in [0.29, 0.717) is 37.5 Å². The van der Waals surface area contributed by atoms with E-state index in [1.807, 2.05) is 0 Å². The van der Waals surface area contributed by atoms with Crippen molar-refractivity contribution in [3.63, 3.8) is 0 Å². The normalized spacial score (nSPS) is 16.9. The van der Waals surface area contributed by atoms with Crippen molar-refractivity contribution < 1.29 is 34.2 Å². The molecule has 0 saturated heterocycles. The van der Waals surface area contributed by atoms with Crippen LogP contribution < -0.4 is 10.5 Å². The first kappa shape index (κ1) is 24.7. The summed E-state index contributed by atoms with van der Waals surface area (Å²) in [6.45, 7) is -0.0346. The lowest BCUT2D eigenvalue weighted by molar-refractivity contribution is 0.481. The quantitative estimate of drug-likeness (QED) is 0.477. The third-order valence-corrected chi connectivity index (χ3v) is 9.73. The van der Waals surface area contributed by atoms with Crippen molar-refractivity contribution in [2.24, 2.45) is 5.14 Å². The van der Waals surface area contributed by atoms with Gasteiger partial charge >= 0.3 is 0 Å². The lowest BCUT2D eigenvalue weighted by Gasteiger charge is -2.22. The average Bonchev–Trinajstić information content (AvgIpc) is 3.17. The molecule has 4 N–H and O–H groups in total. The van der Waals surface area contributed by atoms with Gasteiger partial charge in [-0.3, -0.25) is 4.55 Å².